The molecule has 1 heterocycles. The molecule has 0 bridgehead atoms. The number of rotatable bonds is 6. The molecule has 0 radical (unpaired) electrons. The molecule has 3 rings (SSSR count). The van der Waals surface area contributed by atoms with Crippen molar-refractivity contribution in [1.29, 1.82) is 0 Å². The largest absolute Gasteiger partial charge is 0.466 e. The lowest BCUT2D eigenvalue weighted by atomic mass is 9.94. The topological polar surface area (TPSA) is 62.5 Å². The van der Waals surface area contributed by atoms with Gasteiger partial charge in [-0.25, -0.2) is 0 Å². The number of carbonyl (C=O) groups excluding carboxylic acids is 1. The zero-order valence-corrected chi connectivity index (χ0v) is 12.7. The fourth-order valence-corrected chi connectivity index (χ4v) is 2.73. The minimum absolute atomic E-state index is 0.154. The molecule has 1 atom stereocenters. The second-order valence-electron chi connectivity index (χ2n) is 5.91. The van der Waals surface area contributed by atoms with E-state index in [4.69, 9.17) is 4.42 Å². The smallest absolute Gasteiger partial charge is 0.251 e. The first-order chi connectivity index (χ1) is 10.6. The molecule has 1 aliphatic carbocycles. The Balaban J connectivity index is 1.68. The van der Waals surface area contributed by atoms with Crippen LogP contribution in [0.1, 0.15) is 41.4 Å². The molecular formula is C18H21NO3. The summed E-state index contributed by atoms with van der Waals surface area (Å²) in [4.78, 5) is 12.3. The molecule has 4 nitrogen and oxygen atoms in total. The fourth-order valence-electron chi connectivity index (χ4n) is 2.73. The lowest BCUT2D eigenvalue weighted by Gasteiger charge is -2.26. The Morgan fingerprint density at radius 1 is 1.32 bits per heavy atom. The molecule has 2 N–H and O–H groups in total. The number of amides is 1. The SMILES string of the molecule is CCc1ccc(C(=O)NCC(O)(c2ccco2)C2CC2)cc1. The maximum atomic E-state index is 12.3. The number of hydrogen-bond donors (Lipinski definition) is 2. The van der Waals surface area contributed by atoms with Gasteiger partial charge in [-0.15, -0.1) is 0 Å². The van der Waals surface area contributed by atoms with E-state index in [9.17, 15) is 9.90 Å². The van der Waals surface area contributed by atoms with Crippen LogP contribution in [-0.2, 0) is 12.0 Å². The molecule has 0 saturated heterocycles. The number of aryl methyl sites for hydroxylation is 1. The third-order valence-electron chi connectivity index (χ3n) is 4.34. The minimum atomic E-state index is -1.11. The predicted octanol–water partition coefficient (Wildman–Crippen LogP) is 2.87. The van der Waals surface area contributed by atoms with Crippen molar-refractivity contribution in [2.45, 2.75) is 31.8 Å². The summed E-state index contributed by atoms with van der Waals surface area (Å²) in [7, 11) is 0. The summed E-state index contributed by atoms with van der Waals surface area (Å²) in [5.74, 6) is 0.506. The van der Waals surface area contributed by atoms with Crippen LogP contribution in [0.4, 0.5) is 0 Å². The second kappa shape index (κ2) is 5.97. The van der Waals surface area contributed by atoms with Crippen LogP contribution in [0.3, 0.4) is 0 Å². The highest BCUT2D eigenvalue weighted by Gasteiger charge is 2.47. The normalized spacial score (nSPS) is 17.0. The van der Waals surface area contributed by atoms with Crippen molar-refractivity contribution < 1.29 is 14.3 Å². The molecular weight excluding hydrogens is 278 g/mol. The van der Waals surface area contributed by atoms with Crippen LogP contribution in [0.15, 0.2) is 47.1 Å². The summed E-state index contributed by atoms with van der Waals surface area (Å²) in [5, 5.41) is 13.7. The molecule has 1 saturated carbocycles. The maximum Gasteiger partial charge on any atom is 0.251 e. The Kier molecular flexibility index (Phi) is 4.03. The Bertz CT molecular complexity index is 629. The van der Waals surface area contributed by atoms with Crippen molar-refractivity contribution in [2.24, 2.45) is 5.92 Å². The first kappa shape index (κ1) is 14.9. The van der Waals surface area contributed by atoms with Crippen molar-refractivity contribution in [3.63, 3.8) is 0 Å². The maximum absolute atomic E-state index is 12.3. The Morgan fingerprint density at radius 2 is 2.05 bits per heavy atom. The van der Waals surface area contributed by atoms with Crippen LogP contribution in [-0.4, -0.2) is 17.6 Å². The fraction of sp³-hybridized carbons (Fsp3) is 0.389. The first-order valence-electron chi connectivity index (χ1n) is 7.77. The average molecular weight is 299 g/mol. The van der Waals surface area contributed by atoms with Crippen LogP contribution in [0.25, 0.3) is 0 Å². The molecule has 1 aromatic carbocycles. The molecule has 1 aromatic heterocycles. The van der Waals surface area contributed by atoms with Gasteiger partial charge < -0.3 is 14.8 Å². The molecule has 1 fully saturated rings. The van der Waals surface area contributed by atoms with E-state index >= 15 is 0 Å². The molecule has 1 amide bonds. The number of aliphatic hydroxyl groups is 1. The predicted molar refractivity (Wildman–Crippen MR) is 83.5 cm³/mol. The van der Waals surface area contributed by atoms with E-state index in [0.717, 1.165) is 19.3 Å². The van der Waals surface area contributed by atoms with Crippen LogP contribution < -0.4 is 5.32 Å². The van der Waals surface area contributed by atoms with E-state index in [-0.39, 0.29) is 18.4 Å². The summed E-state index contributed by atoms with van der Waals surface area (Å²) in [6.45, 7) is 2.24. The van der Waals surface area contributed by atoms with Crippen LogP contribution >= 0.6 is 0 Å². The van der Waals surface area contributed by atoms with Crippen molar-refractivity contribution in [3.8, 4) is 0 Å². The van der Waals surface area contributed by atoms with E-state index in [1.165, 1.54) is 5.56 Å². The van der Waals surface area contributed by atoms with Crippen molar-refractivity contribution in [1.82, 2.24) is 5.32 Å². The molecule has 1 aliphatic rings. The van der Waals surface area contributed by atoms with Gasteiger partial charge in [0.2, 0.25) is 0 Å². The number of furan rings is 1. The minimum Gasteiger partial charge on any atom is -0.466 e. The molecule has 1 unspecified atom stereocenters. The van der Waals surface area contributed by atoms with Gasteiger partial charge >= 0.3 is 0 Å². The number of hydrogen-bond acceptors (Lipinski definition) is 3. The lowest BCUT2D eigenvalue weighted by Crippen LogP contribution is -2.42. The lowest BCUT2D eigenvalue weighted by molar-refractivity contribution is -0.00610. The van der Waals surface area contributed by atoms with Gasteiger partial charge in [-0.05, 0) is 55.0 Å². The molecule has 2 aromatic rings. The van der Waals surface area contributed by atoms with Crippen molar-refractivity contribution in [3.05, 3.63) is 59.5 Å². The average Bonchev–Trinajstić information content (AvgIpc) is 3.27. The summed E-state index contributed by atoms with van der Waals surface area (Å²) >= 11 is 0. The Morgan fingerprint density at radius 3 is 2.59 bits per heavy atom. The van der Waals surface area contributed by atoms with Gasteiger partial charge in [0, 0.05) is 5.56 Å². The molecule has 0 spiro atoms. The summed E-state index contributed by atoms with van der Waals surface area (Å²) < 4.78 is 5.37. The van der Waals surface area contributed by atoms with Crippen LogP contribution in [0, 0.1) is 5.92 Å². The molecule has 116 valence electrons. The summed E-state index contributed by atoms with van der Waals surface area (Å²) in [6.07, 6.45) is 4.41. The zero-order valence-electron chi connectivity index (χ0n) is 12.7. The van der Waals surface area contributed by atoms with E-state index in [1.54, 1.807) is 18.4 Å². The standard InChI is InChI=1S/C18H21NO3/c1-2-13-5-7-14(8-6-13)17(20)19-12-18(21,15-9-10-15)16-4-3-11-22-16/h3-8,11,15,21H,2,9-10,12H2,1H3,(H,19,20). The van der Waals surface area contributed by atoms with Gasteiger partial charge in [0.25, 0.3) is 5.91 Å². The summed E-state index contributed by atoms with van der Waals surface area (Å²) in [5.41, 5.74) is 0.694. The zero-order chi connectivity index (χ0) is 15.6. The third-order valence-corrected chi connectivity index (χ3v) is 4.34. The van der Waals surface area contributed by atoms with Crippen LogP contribution in [0.2, 0.25) is 0 Å². The Hall–Kier alpha value is -2.07. The second-order valence-corrected chi connectivity index (χ2v) is 5.91. The van der Waals surface area contributed by atoms with Gasteiger partial charge in [0.15, 0.2) is 0 Å². The quantitative estimate of drug-likeness (QED) is 0.862. The van der Waals surface area contributed by atoms with Gasteiger partial charge in [0.1, 0.15) is 11.4 Å². The van der Waals surface area contributed by atoms with E-state index < -0.39 is 5.60 Å². The van der Waals surface area contributed by atoms with Gasteiger partial charge in [-0.2, -0.15) is 0 Å². The third kappa shape index (κ3) is 2.92. The van der Waals surface area contributed by atoms with Crippen molar-refractivity contribution >= 4 is 5.91 Å². The van der Waals surface area contributed by atoms with Gasteiger partial charge in [-0.1, -0.05) is 19.1 Å². The Labute approximate surface area is 130 Å². The van der Waals surface area contributed by atoms with Crippen molar-refractivity contribution in [2.75, 3.05) is 6.54 Å². The first-order valence-corrected chi connectivity index (χ1v) is 7.77. The van der Waals surface area contributed by atoms with Gasteiger partial charge in [0.05, 0.1) is 12.8 Å². The number of carbonyl (C=O) groups is 1. The highest BCUT2D eigenvalue weighted by molar-refractivity contribution is 5.94. The monoisotopic (exact) mass is 299 g/mol. The highest BCUT2D eigenvalue weighted by Crippen LogP contribution is 2.45. The van der Waals surface area contributed by atoms with Crippen LogP contribution in [0.5, 0.6) is 0 Å². The number of nitrogens with one attached hydrogen (secondary N) is 1. The molecule has 4 heteroatoms. The van der Waals surface area contributed by atoms with Gasteiger partial charge in [-0.3, -0.25) is 4.79 Å². The summed E-state index contributed by atoms with van der Waals surface area (Å²) in [6, 6.07) is 11.1. The van der Waals surface area contributed by atoms with E-state index in [0.29, 0.717) is 11.3 Å². The highest BCUT2D eigenvalue weighted by atomic mass is 16.4. The molecule has 22 heavy (non-hydrogen) atoms. The molecule has 0 aliphatic heterocycles. The van der Waals surface area contributed by atoms with E-state index in [2.05, 4.69) is 12.2 Å². The van der Waals surface area contributed by atoms with E-state index in [1.807, 2.05) is 24.3 Å². The number of benzene rings is 1.